The third kappa shape index (κ3) is 5.68. The summed E-state index contributed by atoms with van der Waals surface area (Å²) >= 11 is 12.0. The van der Waals surface area contributed by atoms with Gasteiger partial charge in [-0.15, -0.1) is 0 Å². The topological polar surface area (TPSA) is 71.3 Å². The van der Waals surface area contributed by atoms with Gasteiger partial charge in [-0.25, -0.2) is 0 Å². The first kappa shape index (κ1) is 22.5. The van der Waals surface area contributed by atoms with Crippen LogP contribution in [0.15, 0.2) is 65.3 Å². The lowest BCUT2D eigenvalue weighted by Crippen LogP contribution is -2.16. The molecule has 2 aromatic carbocycles. The summed E-state index contributed by atoms with van der Waals surface area (Å²) in [6, 6.07) is 10.5. The molecule has 3 rings (SSSR count). The highest BCUT2D eigenvalue weighted by Crippen LogP contribution is 2.37. The number of carbonyl (C=O) groups is 2. The molecule has 31 heavy (non-hydrogen) atoms. The zero-order valence-corrected chi connectivity index (χ0v) is 17.0. The Labute approximate surface area is 184 Å². The standard InChI is InChI=1S/C21H13Cl2F3N2O3/c22-15-3-1-4-16(23)13(15)7-9-19(29)28-17-8-6-12(11-14(17)21(24,25)26)27-20(30)18-5-2-10-31-18/h1-11H,(H,27,30)(H,28,29)/b9-7+. The molecule has 10 heteroatoms. The lowest BCUT2D eigenvalue weighted by Gasteiger charge is -2.15. The first-order valence-electron chi connectivity index (χ1n) is 8.64. The minimum absolute atomic E-state index is 0.0608. The number of furan rings is 1. The fourth-order valence-electron chi connectivity index (χ4n) is 2.57. The molecule has 0 atom stereocenters. The molecule has 160 valence electrons. The van der Waals surface area contributed by atoms with Crippen molar-refractivity contribution in [2.75, 3.05) is 10.6 Å². The average Bonchev–Trinajstić information content (AvgIpc) is 3.23. The second kappa shape index (κ2) is 9.28. The van der Waals surface area contributed by atoms with Crippen molar-refractivity contribution in [1.82, 2.24) is 0 Å². The van der Waals surface area contributed by atoms with Crippen LogP contribution in [0.3, 0.4) is 0 Å². The van der Waals surface area contributed by atoms with E-state index in [9.17, 15) is 22.8 Å². The van der Waals surface area contributed by atoms with Gasteiger partial charge in [0.05, 0.1) is 17.5 Å². The molecule has 0 fully saturated rings. The number of nitrogens with one attached hydrogen (secondary N) is 2. The van der Waals surface area contributed by atoms with Gasteiger partial charge in [0.15, 0.2) is 5.76 Å². The largest absolute Gasteiger partial charge is 0.459 e. The Balaban J connectivity index is 1.81. The maximum Gasteiger partial charge on any atom is 0.418 e. The second-order valence-corrected chi connectivity index (χ2v) is 6.96. The van der Waals surface area contributed by atoms with Crippen LogP contribution in [-0.4, -0.2) is 11.8 Å². The van der Waals surface area contributed by atoms with Crippen molar-refractivity contribution in [2.24, 2.45) is 0 Å². The summed E-state index contributed by atoms with van der Waals surface area (Å²) in [6.07, 6.45) is -1.22. The number of amides is 2. The molecule has 0 radical (unpaired) electrons. The summed E-state index contributed by atoms with van der Waals surface area (Å²) in [6.45, 7) is 0. The Bertz CT molecular complexity index is 1120. The van der Waals surface area contributed by atoms with E-state index >= 15 is 0 Å². The minimum atomic E-state index is -4.79. The van der Waals surface area contributed by atoms with Crippen LogP contribution in [0, 0.1) is 0 Å². The van der Waals surface area contributed by atoms with Gasteiger partial charge in [-0.3, -0.25) is 9.59 Å². The number of benzene rings is 2. The predicted molar refractivity (Wildman–Crippen MR) is 112 cm³/mol. The van der Waals surface area contributed by atoms with E-state index in [1.807, 2.05) is 0 Å². The summed E-state index contributed by atoms with van der Waals surface area (Å²) in [4.78, 5) is 24.2. The van der Waals surface area contributed by atoms with E-state index in [0.717, 1.165) is 12.1 Å². The molecule has 0 spiro atoms. The third-order valence-electron chi connectivity index (χ3n) is 3.99. The van der Waals surface area contributed by atoms with E-state index in [0.29, 0.717) is 11.6 Å². The van der Waals surface area contributed by atoms with Crippen LogP contribution >= 0.6 is 23.2 Å². The number of hydrogen-bond donors (Lipinski definition) is 2. The van der Waals surface area contributed by atoms with Crippen molar-refractivity contribution in [2.45, 2.75) is 6.18 Å². The zero-order valence-electron chi connectivity index (χ0n) is 15.5. The quantitative estimate of drug-likeness (QED) is 0.419. The van der Waals surface area contributed by atoms with Gasteiger partial charge in [0.2, 0.25) is 5.91 Å². The summed E-state index contributed by atoms with van der Waals surface area (Å²) in [5.74, 6) is -1.60. The number of anilines is 2. The lowest BCUT2D eigenvalue weighted by molar-refractivity contribution is -0.136. The van der Waals surface area contributed by atoms with Gasteiger partial charge in [0, 0.05) is 27.4 Å². The maximum atomic E-state index is 13.5. The zero-order chi connectivity index (χ0) is 22.6. The molecule has 5 nitrogen and oxygen atoms in total. The van der Waals surface area contributed by atoms with Gasteiger partial charge in [0.25, 0.3) is 5.91 Å². The summed E-state index contributed by atoms with van der Waals surface area (Å²) in [5.41, 5.74) is -1.39. The highest BCUT2D eigenvalue weighted by Gasteiger charge is 2.34. The van der Waals surface area contributed by atoms with Crippen molar-refractivity contribution < 1.29 is 27.2 Å². The summed E-state index contributed by atoms with van der Waals surface area (Å²) < 4.78 is 45.4. The average molecular weight is 469 g/mol. The van der Waals surface area contributed by atoms with Crippen LogP contribution in [-0.2, 0) is 11.0 Å². The summed E-state index contributed by atoms with van der Waals surface area (Å²) in [5, 5.41) is 5.04. The molecule has 1 aromatic heterocycles. The van der Waals surface area contributed by atoms with Gasteiger partial charge in [-0.2, -0.15) is 13.2 Å². The van der Waals surface area contributed by atoms with Crippen molar-refractivity contribution in [3.63, 3.8) is 0 Å². The number of alkyl halides is 3. The van der Waals surface area contributed by atoms with E-state index in [-0.39, 0.29) is 21.5 Å². The Morgan fingerprint density at radius 3 is 2.29 bits per heavy atom. The molecular formula is C21H13Cl2F3N2O3. The van der Waals surface area contributed by atoms with Gasteiger partial charge >= 0.3 is 6.18 Å². The van der Waals surface area contributed by atoms with Crippen LogP contribution in [0.5, 0.6) is 0 Å². The van der Waals surface area contributed by atoms with Gasteiger partial charge < -0.3 is 15.1 Å². The van der Waals surface area contributed by atoms with Gasteiger partial charge in [-0.05, 0) is 48.5 Å². The van der Waals surface area contributed by atoms with Gasteiger partial charge in [-0.1, -0.05) is 29.3 Å². The number of rotatable bonds is 5. The molecule has 1 heterocycles. The maximum absolute atomic E-state index is 13.5. The molecule has 0 bridgehead atoms. The predicted octanol–water partition coefficient (Wildman–Crippen LogP) is 6.51. The highest BCUT2D eigenvalue weighted by molar-refractivity contribution is 6.37. The Hall–Kier alpha value is -3.23. The Kier molecular flexibility index (Phi) is 6.72. The van der Waals surface area contributed by atoms with Crippen molar-refractivity contribution in [3.05, 3.63) is 87.8 Å². The molecule has 2 N–H and O–H groups in total. The molecule has 0 aliphatic heterocycles. The van der Waals surface area contributed by atoms with E-state index in [1.165, 1.54) is 30.5 Å². The molecule has 0 saturated heterocycles. The van der Waals surface area contributed by atoms with Crippen LogP contribution in [0.2, 0.25) is 10.0 Å². The first-order valence-corrected chi connectivity index (χ1v) is 9.40. The summed E-state index contributed by atoms with van der Waals surface area (Å²) in [7, 11) is 0. The van der Waals surface area contributed by atoms with E-state index in [4.69, 9.17) is 27.6 Å². The number of halogens is 5. The van der Waals surface area contributed by atoms with Crippen LogP contribution in [0.25, 0.3) is 6.08 Å². The van der Waals surface area contributed by atoms with E-state index in [1.54, 1.807) is 18.2 Å². The monoisotopic (exact) mass is 468 g/mol. The Morgan fingerprint density at radius 1 is 0.968 bits per heavy atom. The highest BCUT2D eigenvalue weighted by atomic mass is 35.5. The van der Waals surface area contributed by atoms with Crippen LogP contribution in [0.4, 0.5) is 24.5 Å². The van der Waals surface area contributed by atoms with Gasteiger partial charge in [0.1, 0.15) is 0 Å². The van der Waals surface area contributed by atoms with E-state index < -0.39 is 29.2 Å². The minimum Gasteiger partial charge on any atom is -0.459 e. The number of carbonyl (C=O) groups excluding carboxylic acids is 2. The van der Waals surface area contributed by atoms with Crippen molar-refractivity contribution >= 4 is 52.5 Å². The second-order valence-electron chi connectivity index (χ2n) is 6.15. The smallest absolute Gasteiger partial charge is 0.418 e. The lowest BCUT2D eigenvalue weighted by atomic mass is 10.1. The molecule has 0 unspecified atom stereocenters. The van der Waals surface area contributed by atoms with Crippen molar-refractivity contribution in [3.8, 4) is 0 Å². The molecule has 0 saturated carbocycles. The van der Waals surface area contributed by atoms with Crippen LogP contribution in [0.1, 0.15) is 21.7 Å². The Morgan fingerprint density at radius 2 is 1.68 bits per heavy atom. The fraction of sp³-hybridized carbons (Fsp3) is 0.0476. The number of hydrogen-bond acceptors (Lipinski definition) is 3. The SMILES string of the molecule is O=C(/C=C/c1c(Cl)cccc1Cl)Nc1ccc(NC(=O)c2ccco2)cc1C(F)(F)F. The molecular weight excluding hydrogens is 456 g/mol. The normalized spacial score (nSPS) is 11.5. The van der Waals surface area contributed by atoms with Crippen molar-refractivity contribution in [1.29, 1.82) is 0 Å². The van der Waals surface area contributed by atoms with E-state index in [2.05, 4.69) is 10.6 Å². The molecule has 0 aliphatic carbocycles. The molecule has 3 aromatic rings. The molecule has 2 amide bonds. The third-order valence-corrected chi connectivity index (χ3v) is 4.65. The first-order chi connectivity index (χ1) is 14.6. The molecule has 0 aliphatic rings. The van der Waals surface area contributed by atoms with Crippen LogP contribution < -0.4 is 10.6 Å². The fourth-order valence-corrected chi connectivity index (χ4v) is 3.09.